The normalized spacial score (nSPS) is 14.9. The van der Waals surface area contributed by atoms with E-state index in [1.807, 2.05) is 53.6 Å². The zero-order valence-electron chi connectivity index (χ0n) is 14.9. The molecular formula is C20H24N2O3S. The largest absolute Gasteiger partial charge is 0.491 e. The highest BCUT2D eigenvalue weighted by Crippen LogP contribution is 2.27. The summed E-state index contributed by atoms with van der Waals surface area (Å²) in [5.74, 6) is 0.688. The van der Waals surface area contributed by atoms with Crippen molar-refractivity contribution in [3.63, 3.8) is 0 Å². The number of para-hydroxylation sites is 2. The molecule has 0 saturated carbocycles. The lowest BCUT2D eigenvalue weighted by atomic mass is 9.95. The molecule has 1 N–H and O–H groups in total. The van der Waals surface area contributed by atoms with Crippen LogP contribution in [0.3, 0.4) is 0 Å². The molecule has 2 aromatic rings. The molecule has 0 spiro atoms. The van der Waals surface area contributed by atoms with Crippen LogP contribution in [-0.2, 0) is 4.79 Å². The van der Waals surface area contributed by atoms with Crippen molar-refractivity contribution in [2.75, 3.05) is 25.0 Å². The zero-order chi connectivity index (χ0) is 18.4. The molecule has 0 bridgehead atoms. The number of carbonyl (C=O) groups is 2. The van der Waals surface area contributed by atoms with Gasteiger partial charge in [0.05, 0.1) is 17.2 Å². The van der Waals surface area contributed by atoms with E-state index in [0.29, 0.717) is 44.0 Å². The molecule has 2 amide bonds. The second-order valence-electron chi connectivity index (χ2n) is 6.38. The van der Waals surface area contributed by atoms with Gasteiger partial charge in [0.1, 0.15) is 5.75 Å². The Balaban J connectivity index is 1.55. The summed E-state index contributed by atoms with van der Waals surface area (Å²) in [6.45, 7) is 3.90. The van der Waals surface area contributed by atoms with Crippen LogP contribution in [0.25, 0.3) is 0 Å². The molecular weight excluding hydrogens is 348 g/mol. The van der Waals surface area contributed by atoms with E-state index in [1.54, 1.807) is 0 Å². The Morgan fingerprint density at radius 3 is 2.65 bits per heavy atom. The van der Waals surface area contributed by atoms with Crippen LogP contribution in [0.1, 0.15) is 35.9 Å². The first kappa shape index (κ1) is 18.5. The topological polar surface area (TPSA) is 58.6 Å². The van der Waals surface area contributed by atoms with Crippen molar-refractivity contribution in [1.29, 1.82) is 0 Å². The molecule has 1 aliphatic heterocycles. The van der Waals surface area contributed by atoms with Gasteiger partial charge in [-0.3, -0.25) is 9.59 Å². The zero-order valence-corrected chi connectivity index (χ0v) is 15.8. The molecule has 1 aliphatic rings. The number of hydrogen-bond acceptors (Lipinski definition) is 4. The number of ether oxygens (including phenoxy) is 1. The molecule has 6 heteroatoms. The van der Waals surface area contributed by atoms with Gasteiger partial charge in [0.25, 0.3) is 5.91 Å². The summed E-state index contributed by atoms with van der Waals surface area (Å²) >= 11 is 1.46. The lowest BCUT2D eigenvalue weighted by molar-refractivity contribution is -0.121. The minimum absolute atomic E-state index is 0.000714. The van der Waals surface area contributed by atoms with Gasteiger partial charge in [-0.15, -0.1) is 11.3 Å². The summed E-state index contributed by atoms with van der Waals surface area (Å²) in [6, 6.07) is 11.2. The Labute approximate surface area is 158 Å². The number of hydrogen-bond donors (Lipinski definition) is 1. The average molecular weight is 372 g/mol. The van der Waals surface area contributed by atoms with Crippen LogP contribution in [0.4, 0.5) is 5.69 Å². The highest BCUT2D eigenvalue weighted by molar-refractivity contribution is 7.12. The van der Waals surface area contributed by atoms with Crippen LogP contribution in [0, 0.1) is 5.92 Å². The summed E-state index contributed by atoms with van der Waals surface area (Å²) < 4.78 is 5.70. The van der Waals surface area contributed by atoms with Gasteiger partial charge in [-0.1, -0.05) is 25.1 Å². The standard InChI is InChI=1S/C20H24N2O3S/c1-2-13-25-17-7-4-3-6-16(17)21-19(23)15-9-11-22(12-10-15)20(24)18-8-5-14-26-18/h3-8,14-15H,2,9-13H2,1H3,(H,21,23). The smallest absolute Gasteiger partial charge is 0.263 e. The van der Waals surface area contributed by atoms with Crippen LogP contribution in [0.2, 0.25) is 0 Å². The van der Waals surface area contributed by atoms with Gasteiger partial charge >= 0.3 is 0 Å². The van der Waals surface area contributed by atoms with Gasteiger partial charge in [-0.25, -0.2) is 0 Å². The molecule has 0 atom stereocenters. The first-order chi connectivity index (χ1) is 12.7. The number of amides is 2. The van der Waals surface area contributed by atoms with E-state index in [0.717, 1.165) is 11.3 Å². The van der Waals surface area contributed by atoms with Crippen molar-refractivity contribution < 1.29 is 14.3 Å². The number of nitrogens with one attached hydrogen (secondary N) is 1. The third kappa shape index (κ3) is 4.43. The molecule has 5 nitrogen and oxygen atoms in total. The monoisotopic (exact) mass is 372 g/mol. The van der Waals surface area contributed by atoms with E-state index in [1.165, 1.54) is 11.3 Å². The van der Waals surface area contributed by atoms with E-state index in [4.69, 9.17) is 4.74 Å². The molecule has 26 heavy (non-hydrogen) atoms. The Morgan fingerprint density at radius 2 is 1.96 bits per heavy atom. The molecule has 1 saturated heterocycles. The third-order valence-electron chi connectivity index (χ3n) is 4.49. The highest BCUT2D eigenvalue weighted by atomic mass is 32.1. The van der Waals surface area contributed by atoms with E-state index >= 15 is 0 Å². The van der Waals surface area contributed by atoms with E-state index < -0.39 is 0 Å². The van der Waals surface area contributed by atoms with Crippen molar-refractivity contribution in [2.45, 2.75) is 26.2 Å². The Morgan fingerprint density at radius 1 is 1.19 bits per heavy atom. The minimum atomic E-state index is -0.0818. The molecule has 0 unspecified atom stereocenters. The predicted molar refractivity (Wildman–Crippen MR) is 104 cm³/mol. The van der Waals surface area contributed by atoms with Gasteiger partial charge in [0, 0.05) is 19.0 Å². The fourth-order valence-corrected chi connectivity index (χ4v) is 3.73. The summed E-state index contributed by atoms with van der Waals surface area (Å²) in [4.78, 5) is 27.6. The highest BCUT2D eigenvalue weighted by Gasteiger charge is 2.28. The maximum atomic E-state index is 12.6. The predicted octanol–water partition coefficient (Wildman–Crippen LogP) is 4.03. The van der Waals surface area contributed by atoms with Crippen LogP contribution in [0.15, 0.2) is 41.8 Å². The number of thiophene rings is 1. The average Bonchev–Trinajstić information content (AvgIpc) is 3.21. The summed E-state index contributed by atoms with van der Waals surface area (Å²) in [5.41, 5.74) is 0.711. The number of carbonyl (C=O) groups excluding carboxylic acids is 2. The third-order valence-corrected chi connectivity index (χ3v) is 5.35. The van der Waals surface area contributed by atoms with Gasteiger partial charge in [0.15, 0.2) is 0 Å². The lowest BCUT2D eigenvalue weighted by Gasteiger charge is -2.31. The first-order valence-electron chi connectivity index (χ1n) is 9.04. The Bertz CT molecular complexity index is 737. The number of anilines is 1. The number of piperidine rings is 1. The Kier molecular flexibility index (Phi) is 6.28. The van der Waals surface area contributed by atoms with E-state index in [9.17, 15) is 9.59 Å². The molecule has 0 radical (unpaired) electrons. The fourth-order valence-electron chi connectivity index (χ4n) is 3.04. The maximum Gasteiger partial charge on any atom is 0.263 e. The molecule has 1 aromatic heterocycles. The molecule has 0 aliphatic carbocycles. The summed E-state index contributed by atoms with van der Waals surface area (Å²) in [5, 5.41) is 4.90. The van der Waals surface area contributed by atoms with Gasteiger partial charge in [-0.05, 0) is 42.8 Å². The van der Waals surface area contributed by atoms with E-state index in [-0.39, 0.29) is 17.7 Å². The van der Waals surface area contributed by atoms with Gasteiger partial charge in [-0.2, -0.15) is 0 Å². The maximum absolute atomic E-state index is 12.6. The fraction of sp³-hybridized carbons (Fsp3) is 0.400. The van der Waals surface area contributed by atoms with E-state index in [2.05, 4.69) is 5.32 Å². The van der Waals surface area contributed by atoms with Crippen molar-refractivity contribution in [2.24, 2.45) is 5.92 Å². The molecule has 3 rings (SSSR count). The van der Waals surface area contributed by atoms with Crippen molar-refractivity contribution >= 4 is 28.8 Å². The van der Waals surface area contributed by atoms with Crippen molar-refractivity contribution in [3.8, 4) is 5.75 Å². The summed E-state index contributed by atoms with van der Waals surface area (Å²) in [6.07, 6.45) is 2.28. The Hall–Kier alpha value is -2.34. The quantitative estimate of drug-likeness (QED) is 0.833. The molecule has 1 aromatic carbocycles. The van der Waals surface area contributed by atoms with Crippen LogP contribution >= 0.6 is 11.3 Å². The summed E-state index contributed by atoms with van der Waals surface area (Å²) in [7, 11) is 0. The number of rotatable bonds is 6. The van der Waals surface area contributed by atoms with Gasteiger partial charge < -0.3 is 15.0 Å². The molecule has 1 fully saturated rings. The van der Waals surface area contributed by atoms with Crippen LogP contribution in [0.5, 0.6) is 5.75 Å². The van der Waals surface area contributed by atoms with Crippen molar-refractivity contribution in [1.82, 2.24) is 4.90 Å². The van der Waals surface area contributed by atoms with Crippen LogP contribution in [-0.4, -0.2) is 36.4 Å². The second kappa shape index (κ2) is 8.85. The SMILES string of the molecule is CCCOc1ccccc1NC(=O)C1CCN(C(=O)c2cccs2)CC1. The minimum Gasteiger partial charge on any atom is -0.491 e. The number of nitrogens with zero attached hydrogens (tertiary/aromatic N) is 1. The second-order valence-corrected chi connectivity index (χ2v) is 7.33. The van der Waals surface area contributed by atoms with Crippen LogP contribution < -0.4 is 10.1 Å². The van der Waals surface area contributed by atoms with Gasteiger partial charge in [0.2, 0.25) is 5.91 Å². The number of benzene rings is 1. The lowest BCUT2D eigenvalue weighted by Crippen LogP contribution is -2.41. The van der Waals surface area contributed by atoms with Crippen molar-refractivity contribution in [3.05, 3.63) is 46.7 Å². The number of likely N-dealkylation sites (tertiary alicyclic amines) is 1. The molecule has 138 valence electrons. The molecule has 2 heterocycles. The first-order valence-corrected chi connectivity index (χ1v) is 9.92.